The van der Waals surface area contributed by atoms with Crippen LogP contribution >= 0.6 is 15.6 Å². The van der Waals surface area contributed by atoms with Crippen molar-refractivity contribution >= 4 is 21.6 Å². The van der Waals surface area contributed by atoms with Crippen molar-refractivity contribution in [3.63, 3.8) is 0 Å². The smallest absolute Gasteiger partial charge is 0.479 e. The van der Waals surface area contributed by atoms with E-state index in [2.05, 4.69) is 18.1 Å². The predicted octanol–water partition coefficient (Wildman–Crippen LogP) is -4.70. The maximum absolute atomic E-state index is 12.2. The van der Waals surface area contributed by atoms with E-state index in [0.717, 1.165) is 12.3 Å². The summed E-state index contributed by atoms with van der Waals surface area (Å²) in [5, 5.41) is 58.5. The number of aromatic nitrogens is 2. The number of H-pyrrole nitrogens is 1. The number of nitrogens with one attached hydrogen (secondary N) is 1. The van der Waals surface area contributed by atoms with Crippen molar-refractivity contribution in [2.24, 2.45) is 0 Å². The Labute approximate surface area is 204 Å². The summed E-state index contributed by atoms with van der Waals surface area (Å²) < 4.78 is 47.5. The Morgan fingerprint density at radius 3 is 2.24 bits per heavy atom. The number of phosphoric ester groups is 2. The Bertz CT molecular complexity index is 1200. The summed E-state index contributed by atoms with van der Waals surface area (Å²) in [5.41, 5.74) is -1.78. The van der Waals surface area contributed by atoms with Crippen molar-refractivity contribution in [2.45, 2.75) is 55.2 Å². The van der Waals surface area contributed by atoms with Gasteiger partial charge in [-0.25, -0.2) is 18.7 Å². The molecule has 0 bridgehead atoms. The molecule has 0 amide bonds. The molecule has 0 aliphatic carbocycles. The molecule has 22 heteroatoms. The Balaban J connectivity index is 1.62. The van der Waals surface area contributed by atoms with Gasteiger partial charge in [-0.3, -0.25) is 23.4 Å². The van der Waals surface area contributed by atoms with Crippen molar-refractivity contribution in [1.29, 1.82) is 0 Å². The van der Waals surface area contributed by atoms with Crippen LogP contribution in [0.4, 0.5) is 0 Å². The van der Waals surface area contributed by atoms with Crippen LogP contribution in [0.3, 0.4) is 0 Å². The third-order valence-electron chi connectivity index (χ3n) is 5.13. The van der Waals surface area contributed by atoms with Crippen LogP contribution in [-0.2, 0) is 36.8 Å². The molecule has 20 nitrogen and oxygen atoms in total. The first kappa shape index (κ1) is 29.7. The van der Waals surface area contributed by atoms with Gasteiger partial charge in [0.15, 0.2) is 18.6 Å². The first-order valence-corrected chi connectivity index (χ1v) is 13.0. The third-order valence-corrected chi connectivity index (χ3v) is 7.77. The SMILES string of the molecule is O=C(O)[C@H]1O[C@H](O)[C@H](OP(=O)(O)OP(=O)(O)OC[C@H]2O[C@@H](n3ccc(=O)[nH]c3=O)[C@H](O)[C@@H]2O)[C@@H](O)[C@@H]1O. The normalized spacial score (nSPS) is 37.5. The Morgan fingerprint density at radius 2 is 1.65 bits per heavy atom. The van der Waals surface area contributed by atoms with Gasteiger partial charge in [0.2, 0.25) is 0 Å². The molecule has 0 saturated carbocycles. The number of ether oxygens (including phenoxy) is 2. The van der Waals surface area contributed by atoms with Crippen LogP contribution in [-0.4, -0.2) is 112 Å². The fourth-order valence-electron chi connectivity index (χ4n) is 3.39. The van der Waals surface area contributed by atoms with Crippen LogP contribution in [0, 0.1) is 0 Å². The molecule has 1 aromatic heterocycles. The molecule has 3 rings (SSSR count). The van der Waals surface area contributed by atoms with E-state index < -0.39 is 94.7 Å². The number of hydrogen-bond donors (Lipinski definition) is 9. The fourth-order valence-corrected chi connectivity index (χ4v) is 5.65. The molecule has 37 heavy (non-hydrogen) atoms. The summed E-state index contributed by atoms with van der Waals surface area (Å²) in [7, 11) is -11.3. The van der Waals surface area contributed by atoms with Crippen molar-refractivity contribution in [3.8, 4) is 0 Å². The van der Waals surface area contributed by atoms with Gasteiger partial charge in [-0.2, -0.15) is 4.31 Å². The standard InChI is InChI=1S/C15H22N2O18P2/c18-5-1-2-17(15(26)16-5)12-9(22)6(19)4(32-12)3-31-36(27,28)35-37(29,30)34-11-8(21)7(20)10(13(23)24)33-14(11)25/h1-2,4,6-12,14,19-22,25H,3H2,(H,23,24)(H,27,28)(H,29,30)(H,16,18,26)/t4-,6-,7+,8+,9-,10+,11-,12-,14+/m1/s1. The minimum absolute atomic E-state index is 0.701. The summed E-state index contributed by atoms with van der Waals surface area (Å²) in [5.74, 6) is -1.80. The topological polar surface area (TPSA) is 314 Å². The van der Waals surface area contributed by atoms with Crippen LogP contribution in [0.2, 0.25) is 0 Å². The first-order chi connectivity index (χ1) is 17.0. The summed E-state index contributed by atoms with van der Waals surface area (Å²) in [6.07, 6.45) is -17.3. The molecule has 0 aromatic carbocycles. The molecule has 0 radical (unpaired) electrons. The van der Waals surface area contributed by atoms with Gasteiger partial charge in [-0.05, 0) is 0 Å². The molecule has 2 fully saturated rings. The van der Waals surface area contributed by atoms with Crippen LogP contribution in [0.5, 0.6) is 0 Å². The van der Waals surface area contributed by atoms with Crippen LogP contribution in [0.15, 0.2) is 21.9 Å². The number of rotatable bonds is 9. The van der Waals surface area contributed by atoms with Crippen LogP contribution in [0.25, 0.3) is 0 Å². The van der Waals surface area contributed by atoms with Crippen molar-refractivity contribution < 1.29 is 77.2 Å². The van der Waals surface area contributed by atoms with Crippen molar-refractivity contribution in [3.05, 3.63) is 33.1 Å². The van der Waals surface area contributed by atoms with Gasteiger partial charge in [0.05, 0.1) is 6.61 Å². The molecule has 2 aliphatic rings. The predicted molar refractivity (Wildman–Crippen MR) is 109 cm³/mol. The zero-order chi connectivity index (χ0) is 27.9. The van der Waals surface area contributed by atoms with Gasteiger partial charge >= 0.3 is 27.3 Å². The van der Waals surface area contributed by atoms with E-state index >= 15 is 0 Å². The molecule has 2 aliphatic heterocycles. The highest BCUT2D eigenvalue weighted by Gasteiger charge is 2.52. The van der Waals surface area contributed by atoms with E-state index in [-0.39, 0.29) is 0 Å². The lowest BCUT2D eigenvalue weighted by atomic mass is 9.99. The highest BCUT2D eigenvalue weighted by Crippen LogP contribution is 2.61. The van der Waals surface area contributed by atoms with E-state index in [4.69, 9.17) is 9.84 Å². The average Bonchev–Trinajstić information content (AvgIpc) is 3.05. The fraction of sp³-hybridized carbons (Fsp3) is 0.667. The number of carboxylic acids is 1. The van der Waals surface area contributed by atoms with E-state index in [1.54, 1.807) is 0 Å². The zero-order valence-electron chi connectivity index (χ0n) is 18.1. The van der Waals surface area contributed by atoms with Crippen LogP contribution in [0.1, 0.15) is 6.23 Å². The number of aliphatic hydroxyl groups excluding tert-OH is 5. The number of aliphatic hydroxyl groups is 5. The highest BCUT2D eigenvalue weighted by molar-refractivity contribution is 7.61. The summed E-state index contributed by atoms with van der Waals surface area (Å²) in [6, 6.07) is 0.911. The third kappa shape index (κ3) is 6.77. The lowest BCUT2D eigenvalue weighted by molar-refractivity contribution is -0.276. The second-order valence-electron chi connectivity index (χ2n) is 7.71. The maximum Gasteiger partial charge on any atom is 0.481 e. The minimum atomic E-state index is -5.72. The minimum Gasteiger partial charge on any atom is -0.479 e. The van der Waals surface area contributed by atoms with Crippen LogP contribution < -0.4 is 11.2 Å². The van der Waals surface area contributed by atoms with Crippen molar-refractivity contribution in [1.82, 2.24) is 9.55 Å². The first-order valence-electron chi connectivity index (χ1n) is 9.98. The van der Waals surface area contributed by atoms with Gasteiger partial charge < -0.3 is 49.9 Å². The number of phosphoric acid groups is 2. The number of nitrogens with zero attached hydrogens (tertiary/aromatic N) is 1. The molecule has 210 valence electrons. The van der Waals surface area contributed by atoms with Gasteiger partial charge in [0, 0.05) is 12.3 Å². The second kappa shape index (κ2) is 11.1. The molecule has 1 aromatic rings. The monoisotopic (exact) mass is 580 g/mol. The molecular formula is C15H22N2O18P2. The average molecular weight is 580 g/mol. The summed E-state index contributed by atoms with van der Waals surface area (Å²) in [4.78, 5) is 55.4. The molecule has 2 saturated heterocycles. The van der Waals surface area contributed by atoms with Crippen molar-refractivity contribution in [2.75, 3.05) is 6.61 Å². The molecule has 2 unspecified atom stereocenters. The number of carboxylic acid groups (broad SMARTS) is 1. The lowest BCUT2D eigenvalue weighted by Gasteiger charge is -2.38. The lowest BCUT2D eigenvalue weighted by Crippen LogP contribution is -2.60. The summed E-state index contributed by atoms with van der Waals surface area (Å²) >= 11 is 0. The van der Waals surface area contributed by atoms with Gasteiger partial charge in [-0.15, -0.1) is 0 Å². The van der Waals surface area contributed by atoms with E-state index in [1.807, 2.05) is 4.98 Å². The molecule has 9 N–H and O–H groups in total. The number of carbonyl (C=O) groups is 1. The van der Waals surface area contributed by atoms with Gasteiger partial charge in [0.25, 0.3) is 5.56 Å². The molecule has 3 heterocycles. The van der Waals surface area contributed by atoms with E-state index in [1.165, 1.54) is 0 Å². The quantitative estimate of drug-likeness (QED) is 0.124. The zero-order valence-corrected chi connectivity index (χ0v) is 19.8. The second-order valence-corrected chi connectivity index (χ2v) is 10.7. The summed E-state index contributed by atoms with van der Waals surface area (Å²) in [6.45, 7) is -1.07. The Hall–Kier alpha value is -1.87. The molecular weight excluding hydrogens is 558 g/mol. The largest absolute Gasteiger partial charge is 0.481 e. The molecule has 11 atom stereocenters. The van der Waals surface area contributed by atoms with E-state index in [0.29, 0.717) is 4.57 Å². The Kier molecular flexibility index (Phi) is 8.89. The number of aliphatic carboxylic acids is 1. The van der Waals surface area contributed by atoms with Gasteiger partial charge in [0.1, 0.15) is 36.6 Å². The maximum atomic E-state index is 12.2. The number of hydrogen-bond acceptors (Lipinski definition) is 15. The van der Waals surface area contributed by atoms with E-state index in [9.17, 15) is 58.8 Å². The van der Waals surface area contributed by atoms with Gasteiger partial charge in [-0.1, -0.05) is 0 Å². The molecule has 0 spiro atoms. The number of aromatic amines is 1. The Morgan fingerprint density at radius 1 is 1.00 bits per heavy atom. The highest BCUT2D eigenvalue weighted by atomic mass is 31.3.